The van der Waals surface area contributed by atoms with E-state index in [-0.39, 0.29) is 5.91 Å². The number of carbonyl (C=O) groups excluding carboxylic acids is 1. The molecule has 146 valence electrons. The molecule has 2 aromatic rings. The van der Waals surface area contributed by atoms with Crippen LogP contribution in [-0.4, -0.2) is 17.0 Å². The van der Waals surface area contributed by atoms with Crippen molar-refractivity contribution in [2.24, 2.45) is 5.92 Å². The van der Waals surface area contributed by atoms with Gasteiger partial charge in [0.1, 0.15) is 0 Å². The number of aromatic nitrogens is 1. The van der Waals surface area contributed by atoms with E-state index in [1.54, 1.807) is 0 Å². The highest BCUT2D eigenvalue weighted by Crippen LogP contribution is 2.31. The van der Waals surface area contributed by atoms with Gasteiger partial charge in [-0.25, -0.2) is 0 Å². The second-order valence-electron chi connectivity index (χ2n) is 8.11. The average Bonchev–Trinajstić information content (AvgIpc) is 3.11. The van der Waals surface area contributed by atoms with E-state index < -0.39 is 0 Å². The molecule has 28 heavy (non-hydrogen) atoms. The van der Waals surface area contributed by atoms with Crippen LogP contribution in [0.5, 0.6) is 0 Å². The summed E-state index contributed by atoms with van der Waals surface area (Å²) in [7, 11) is 0. The van der Waals surface area contributed by atoms with Crippen molar-refractivity contribution in [3.63, 3.8) is 0 Å². The molecule has 1 aromatic carbocycles. The fourth-order valence-corrected chi connectivity index (χ4v) is 4.58. The molecule has 1 aromatic heterocycles. The summed E-state index contributed by atoms with van der Waals surface area (Å²) >= 11 is 0. The minimum Gasteiger partial charge on any atom is -0.352 e. The molecule has 3 heteroatoms. The number of para-hydroxylation sites is 1. The molecule has 0 radical (unpaired) electrons. The SMILES string of the molecule is Cc1c(C(=O)NCC2CCCCC2)cc(C2C=CC=CC2)n1-c1ccccc1. The van der Waals surface area contributed by atoms with Crippen molar-refractivity contribution in [1.82, 2.24) is 9.88 Å². The maximum absolute atomic E-state index is 13.0. The van der Waals surface area contributed by atoms with Crippen molar-refractivity contribution in [3.8, 4) is 5.69 Å². The van der Waals surface area contributed by atoms with Gasteiger partial charge in [0.25, 0.3) is 5.91 Å². The number of rotatable bonds is 5. The van der Waals surface area contributed by atoms with Crippen LogP contribution < -0.4 is 5.32 Å². The number of carbonyl (C=O) groups is 1. The third-order valence-electron chi connectivity index (χ3n) is 6.17. The van der Waals surface area contributed by atoms with E-state index in [1.165, 1.54) is 37.8 Å². The normalized spacial score (nSPS) is 19.7. The zero-order valence-corrected chi connectivity index (χ0v) is 16.7. The molecule has 4 rings (SSSR count). The van der Waals surface area contributed by atoms with Crippen LogP contribution in [0.1, 0.15) is 66.2 Å². The third-order valence-corrected chi connectivity index (χ3v) is 6.17. The first-order chi connectivity index (χ1) is 13.7. The summed E-state index contributed by atoms with van der Waals surface area (Å²) in [6, 6.07) is 12.5. The molecule has 1 N–H and O–H groups in total. The lowest BCUT2D eigenvalue weighted by Gasteiger charge is -2.21. The lowest BCUT2D eigenvalue weighted by atomic mass is 9.89. The summed E-state index contributed by atoms with van der Waals surface area (Å²) in [4.78, 5) is 13.0. The predicted octanol–water partition coefficient (Wildman–Crippen LogP) is 5.70. The third kappa shape index (κ3) is 3.99. The lowest BCUT2D eigenvalue weighted by Crippen LogP contribution is -2.30. The van der Waals surface area contributed by atoms with Gasteiger partial charge in [-0.3, -0.25) is 4.79 Å². The van der Waals surface area contributed by atoms with E-state index in [0.717, 1.165) is 29.9 Å². The Labute approximate surface area is 168 Å². The van der Waals surface area contributed by atoms with Gasteiger partial charge in [-0.2, -0.15) is 0 Å². The molecule has 3 nitrogen and oxygen atoms in total. The van der Waals surface area contributed by atoms with Crippen LogP contribution in [0.3, 0.4) is 0 Å². The molecule has 1 amide bonds. The number of hydrogen-bond acceptors (Lipinski definition) is 1. The predicted molar refractivity (Wildman–Crippen MR) is 115 cm³/mol. The maximum atomic E-state index is 13.0. The maximum Gasteiger partial charge on any atom is 0.253 e. The van der Waals surface area contributed by atoms with Gasteiger partial charge >= 0.3 is 0 Å². The Morgan fingerprint density at radius 1 is 1.11 bits per heavy atom. The number of benzene rings is 1. The fraction of sp³-hybridized carbons (Fsp3) is 0.400. The van der Waals surface area contributed by atoms with E-state index in [0.29, 0.717) is 11.8 Å². The van der Waals surface area contributed by atoms with E-state index in [9.17, 15) is 4.79 Å². The Bertz CT molecular complexity index is 869. The van der Waals surface area contributed by atoms with Crippen LogP contribution >= 0.6 is 0 Å². The summed E-state index contributed by atoms with van der Waals surface area (Å²) in [5, 5.41) is 3.22. The van der Waals surface area contributed by atoms with Gasteiger partial charge in [0.2, 0.25) is 0 Å². The van der Waals surface area contributed by atoms with Crippen molar-refractivity contribution in [2.45, 2.75) is 51.4 Å². The van der Waals surface area contributed by atoms with Gasteiger partial charge in [-0.15, -0.1) is 0 Å². The topological polar surface area (TPSA) is 34.0 Å². The van der Waals surface area contributed by atoms with E-state index >= 15 is 0 Å². The smallest absolute Gasteiger partial charge is 0.253 e. The van der Waals surface area contributed by atoms with Crippen LogP contribution in [-0.2, 0) is 0 Å². The van der Waals surface area contributed by atoms with Crippen molar-refractivity contribution < 1.29 is 4.79 Å². The van der Waals surface area contributed by atoms with Gasteiger partial charge < -0.3 is 9.88 Å². The summed E-state index contributed by atoms with van der Waals surface area (Å²) in [6.07, 6.45) is 16.0. The Kier molecular flexibility index (Phi) is 5.80. The molecule has 0 bridgehead atoms. The molecular formula is C25H30N2O. The Morgan fingerprint density at radius 3 is 2.61 bits per heavy atom. The first-order valence-electron chi connectivity index (χ1n) is 10.6. The molecule has 0 spiro atoms. The summed E-state index contributed by atoms with van der Waals surface area (Å²) in [5.41, 5.74) is 4.12. The van der Waals surface area contributed by atoms with Crippen LogP contribution in [0.25, 0.3) is 5.69 Å². The zero-order chi connectivity index (χ0) is 19.3. The number of amides is 1. The highest BCUT2D eigenvalue weighted by molar-refractivity contribution is 5.96. The van der Waals surface area contributed by atoms with Crippen molar-refractivity contribution in [3.05, 3.63) is 77.7 Å². The zero-order valence-electron chi connectivity index (χ0n) is 16.7. The molecule has 2 aliphatic carbocycles. The van der Waals surface area contributed by atoms with Crippen molar-refractivity contribution in [1.29, 1.82) is 0 Å². The average molecular weight is 375 g/mol. The van der Waals surface area contributed by atoms with Crippen LogP contribution in [0.2, 0.25) is 0 Å². The first-order valence-corrected chi connectivity index (χ1v) is 10.6. The molecule has 1 unspecified atom stereocenters. The van der Waals surface area contributed by atoms with Gasteiger partial charge in [0.15, 0.2) is 0 Å². The Morgan fingerprint density at radius 2 is 1.89 bits per heavy atom. The second kappa shape index (κ2) is 8.64. The Balaban J connectivity index is 1.62. The van der Waals surface area contributed by atoms with E-state index in [4.69, 9.17) is 0 Å². The van der Waals surface area contributed by atoms with Crippen molar-refractivity contribution in [2.75, 3.05) is 6.54 Å². The number of nitrogens with zero attached hydrogens (tertiary/aromatic N) is 1. The highest BCUT2D eigenvalue weighted by Gasteiger charge is 2.23. The molecule has 2 aliphatic rings. The van der Waals surface area contributed by atoms with Gasteiger partial charge in [-0.1, -0.05) is 61.8 Å². The summed E-state index contributed by atoms with van der Waals surface area (Å²) in [5.74, 6) is 0.998. The highest BCUT2D eigenvalue weighted by atomic mass is 16.1. The monoisotopic (exact) mass is 374 g/mol. The number of allylic oxidation sites excluding steroid dienone is 4. The van der Waals surface area contributed by atoms with Gasteiger partial charge in [-0.05, 0) is 50.3 Å². The molecule has 1 saturated carbocycles. The molecular weight excluding hydrogens is 344 g/mol. The standard InChI is InChI=1S/C25H30N2O/c1-19-23(25(28)26-18-20-11-5-2-6-12-20)17-24(21-13-7-3-8-14-21)27(19)22-15-9-4-10-16-22/h3-4,7-10,13,15-17,20-21H,2,5-6,11-12,14,18H2,1H3,(H,26,28). The summed E-state index contributed by atoms with van der Waals surface area (Å²) in [6.45, 7) is 2.87. The van der Waals surface area contributed by atoms with Gasteiger partial charge in [0, 0.05) is 29.5 Å². The Hall–Kier alpha value is -2.55. The van der Waals surface area contributed by atoms with E-state index in [1.807, 2.05) is 6.07 Å². The van der Waals surface area contributed by atoms with Crippen LogP contribution in [0.15, 0.2) is 60.7 Å². The molecule has 0 saturated heterocycles. The molecule has 1 heterocycles. The molecule has 1 atom stereocenters. The number of nitrogens with one attached hydrogen (secondary N) is 1. The largest absolute Gasteiger partial charge is 0.352 e. The first kappa shape index (κ1) is 18.8. The summed E-state index contributed by atoms with van der Waals surface area (Å²) < 4.78 is 2.25. The molecule has 0 aliphatic heterocycles. The lowest BCUT2D eigenvalue weighted by molar-refractivity contribution is 0.0943. The fourth-order valence-electron chi connectivity index (χ4n) is 4.58. The van der Waals surface area contributed by atoms with Crippen LogP contribution in [0, 0.1) is 12.8 Å². The quantitative estimate of drug-likeness (QED) is 0.716. The van der Waals surface area contributed by atoms with Crippen molar-refractivity contribution >= 4 is 5.91 Å². The minimum absolute atomic E-state index is 0.0642. The van der Waals surface area contributed by atoms with Crippen LogP contribution in [0.4, 0.5) is 0 Å². The number of hydrogen-bond donors (Lipinski definition) is 1. The minimum atomic E-state index is 0.0642. The molecule has 1 fully saturated rings. The van der Waals surface area contributed by atoms with Gasteiger partial charge in [0.05, 0.1) is 5.56 Å². The second-order valence-corrected chi connectivity index (χ2v) is 8.11. The van der Waals surface area contributed by atoms with E-state index in [2.05, 4.69) is 71.4 Å².